The van der Waals surface area contributed by atoms with Crippen LogP contribution in [0.4, 0.5) is 0 Å². The monoisotopic (exact) mass is 485 g/mol. The second-order valence-corrected chi connectivity index (χ2v) is 8.66. The standard InChI is InChI=1S/C29H31N3O4/c1-4-16-34-21-24(33)18-32(19-26-11-8-17-35-26)20-27-28(23-9-6-5-7-10-23)30-31(3)29(27)36-25-14-12-22(2)13-15-25/h1,5-15,17,24,33H,16,18-21H2,2-3H3. The van der Waals surface area contributed by atoms with E-state index in [1.54, 1.807) is 10.9 Å². The van der Waals surface area contributed by atoms with Gasteiger partial charge in [-0.25, -0.2) is 4.68 Å². The second-order valence-electron chi connectivity index (χ2n) is 8.66. The van der Waals surface area contributed by atoms with Gasteiger partial charge in [0.2, 0.25) is 5.88 Å². The van der Waals surface area contributed by atoms with Crippen molar-refractivity contribution in [1.29, 1.82) is 0 Å². The number of furan rings is 1. The zero-order valence-corrected chi connectivity index (χ0v) is 20.6. The largest absolute Gasteiger partial charge is 0.468 e. The SMILES string of the molecule is C#CCOCC(O)CN(Cc1ccco1)Cc1c(-c2ccccc2)nn(C)c1Oc1ccc(C)cc1. The van der Waals surface area contributed by atoms with Gasteiger partial charge in [0.1, 0.15) is 23.8 Å². The minimum Gasteiger partial charge on any atom is -0.468 e. The van der Waals surface area contributed by atoms with Gasteiger partial charge in [-0.3, -0.25) is 4.90 Å². The molecular formula is C29H31N3O4. The highest BCUT2D eigenvalue weighted by Crippen LogP contribution is 2.34. The van der Waals surface area contributed by atoms with Crippen molar-refractivity contribution in [3.05, 3.63) is 89.9 Å². The molecule has 1 N–H and O–H groups in total. The Hall–Kier alpha value is -3.83. The zero-order chi connectivity index (χ0) is 25.3. The van der Waals surface area contributed by atoms with Crippen molar-refractivity contribution in [3.8, 4) is 35.2 Å². The van der Waals surface area contributed by atoms with E-state index in [-0.39, 0.29) is 13.2 Å². The highest BCUT2D eigenvalue weighted by molar-refractivity contribution is 5.65. The Bertz CT molecular complexity index is 1260. The van der Waals surface area contributed by atoms with Crippen LogP contribution in [-0.2, 0) is 24.9 Å². The van der Waals surface area contributed by atoms with Gasteiger partial charge in [-0.1, -0.05) is 53.9 Å². The van der Waals surface area contributed by atoms with Gasteiger partial charge in [-0.2, -0.15) is 5.10 Å². The molecule has 0 aliphatic rings. The van der Waals surface area contributed by atoms with Gasteiger partial charge in [0.25, 0.3) is 0 Å². The zero-order valence-electron chi connectivity index (χ0n) is 20.6. The minimum atomic E-state index is -0.730. The van der Waals surface area contributed by atoms with Crippen LogP contribution in [0.15, 0.2) is 77.4 Å². The molecule has 0 aliphatic heterocycles. The second kappa shape index (κ2) is 12.2. The van der Waals surface area contributed by atoms with Crippen LogP contribution in [-0.4, -0.2) is 45.6 Å². The van der Waals surface area contributed by atoms with Crippen molar-refractivity contribution in [1.82, 2.24) is 14.7 Å². The van der Waals surface area contributed by atoms with Gasteiger partial charge < -0.3 is 19.0 Å². The number of aryl methyl sites for hydroxylation is 2. The lowest BCUT2D eigenvalue weighted by Gasteiger charge is -2.24. The molecule has 0 spiro atoms. The first-order valence-corrected chi connectivity index (χ1v) is 11.8. The van der Waals surface area contributed by atoms with Gasteiger partial charge in [-0.15, -0.1) is 6.42 Å². The third-order valence-corrected chi connectivity index (χ3v) is 5.68. The Morgan fingerprint density at radius 3 is 2.56 bits per heavy atom. The third-order valence-electron chi connectivity index (χ3n) is 5.68. The van der Waals surface area contributed by atoms with Gasteiger partial charge in [-0.05, 0) is 31.2 Å². The lowest BCUT2D eigenvalue weighted by Crippen LogP contribution is -2.34. The average Bonchev–Trinajstić information content (AvgIpc) is 3.49. The Kier molecular flexibility index (Phi) is 8.58. The number of hydrogen-bond acceptors (Lipinski definition) is 6. The van der Waals surface area contributed by atoms with E-state index in [2.05, 4.69) is 10.8 Å². The van der Waals surface area contributed by atoms with Crippen LogP contribution < -0.4 is 4.74 Å². The summed E-state index contributed by atoms with van der Waals surface area (Å²) in [7, 11) is 1.87. The molecule has 1 unspecified atom stereocenters. The Morgan fingerprint density at radius 2 is 1.86 bits per heavy atom. The maximum absolute atomic E-state index is 10.7. The Balaban J connectivity index is 1.67. The molecule has 0 aliphatic carbocycles. The fourth-order valence-corrected chi connectivity index (χ4v) is 4.00. The number of ether oxygens (including phenoxy) is 2. The van der Waals surface area contributed by atoms with E-state index in [1.165, 1.54) is 0 Å². The number of benzene rings is 2. The van der Waals surface area contributed by atoms with Gasteiger partial charge in [0, 0.05) is 25.7 Å². The van der Waals surface area contributed by atoms with E-state index in [0.29, 0.717) is 25.5 Å². The summed E-state index contributed by atoms with van der Waals surface area (Å²) in [6.07, 6.45) is 6.18. The molecule has 0 fully saturated rings. The number of nitrogens with zero attached hydrogens (tertiary/aromatic N) is 3. The summed E-state index contributed by atoms with van der Waals surface area (Å²) in [4.78, 5) is 2.09. The Morgan fingerprint density at radius 1 is 1.08 bits per heavy atom. The summed E-state index contributed by atoms with van der Waals surface area (Å²) in [6.45, 7) is 3.64. The van der Waals surface area contributed by atoms with Crippen LogP contribution in [0.1, 0.15) is 16.9 Å². The highest BCUT2D eigenvalue weighted by Gasteiger charge is 2.24. The van der Waals surface area contributed by atoms with Crippen LogP contribution in [0.2, 0.25) is 0 Å². The van der Waals surface area contributed by atoms with Crippen LogP contribution in [0.25, 0.3) is 11.3 Å². The molecule has 0 radical (unpaired) electrons. The molecule has 0 saturated carbocycles. The molecule has 2 aromatic carbocycles. The molecule has 2 heterocycles. The number of rotatable bonds is 12. The van der Waals surface area contributed by atoms with Crippen LogP contribution >= 0.6 is 0 Å². The molecular weight excluding hydrogens is 454 g/mol. The first kappa shape index (κ1) is 25.3. The fourth-order valence-electron chi connectivity index (χ4n) is 4.00. The molecule has 0 saturated heterocycles. The predicted octanol–water partition coefficient (Wildman–Crippen LogP) is 4.79. The highest BCUT2D eigenvalue weighted by atomic mass is 16.5. The summed E-state index contributed by atoms with van der Waals surface area (Å²) in [5.74, 6) is 4.58. The number of aliphatic hydroxyl groups excluding tert-OH is 1. The van der Waals surface area contributed by atoms with Gasteiger partial charge in [0.05, 0.1) is 31.1 Å². The van der Waals surface area contributed by atoms with Crippen molar-refractivity contribution in [3.63, 3.8) is 0 Å². The topological polar surface area (TPSA) is 72.9 Å². The van der Waals surface area contributed by atoms with Crippen molar-refractivity contribution in [2.75, 3.05) is 19.8 Å². The van der Waals surface area contributed by atoms with Crippen molar-refractivity contribution in [2.24, 2.45) is 7.05 Å². The van der Waals surface area contributed by atoms with E-state index in [1.807, 2.05) is 80.7 Å². The fraction of sp³-hybridized carbons (Fsp3) is 0.276. The predicted molar refractivity (Wildman–Crippen MR) is 138 cm³/mol. The molecule has 0 bridgehead atoms. The lowest BCUT2D eigenvalue weighted by molar-refractivity contribution is 0.0229. The first-order valence-electron chi connectivity index (χ1n) is 11.8. The number of aliphatic hydroxyl groups is 1. The number of hydrogen-bond donors (Lipinski definition) is 1. The maximum Gasteiger partial charge on any atom is 0.222 e. The van der Waals surface area contributed by atoms with Crippen LogP contribution in [0, 0.1) is 19.3 Å². The maximum atomic E-state index is 10.7. The molecule has 1 atom stereocenters. The molecule has 7 heteroatoms. The summed E-state index contributed by atoms with van der Waals surface area (Å²) in [5, 5.41) is 15.5. The van der Waals surface area contributed by atoms with Gasteiger partial charge in [0.15, 0.2) is 0 Å². The first-order chi connectivity index (χ1) is 17.5. The average molecular weight is 486 g/mol. The number of terminal acetylenes is 1. The van der Waals surface area contributed by atoms with E-state index in [4.69, 9.17) is 25.4 Å². The molecule has 186 valence electrons. The van der Waals surface area contributed by atoms with E-state index >= 15 is 0 Å². The van der Waals surface area contributed by atoms with Gasteiger partial charge >= 0.3 is 0 Å². The van der Waals surface area contributed by atoms with Crippen molar-refractivity contribution >= 4 is 0 Å². The number of aromatic nitrogens is 2. The van der Waals surface area contributed by atoms with Crippen molar-refractivity contribution in [2.45, 2.75) is 26.1 Å². The molecule has 0 amide bonds. The Labute approximate surface area is 211 Å². The molecule has 7 nitrogen and oxygen atoms in total. The lowest BCUT2D eigenvalue weighted by atomic mass is 10.1. The summed E-state index contributed by atoms with van der Waals surface area (Å²) >= 11 is 0. The smallest absolute Gasteiger partial charge is 0.222 e. The quantitative estimate of drug-likeness (QED) is 0.230. The van der Waals surface area contributed by atoms with Crippen LogP contribution in [0.3, 0.4) is 0 Å². The molecule has 2 aromatic heterocycles. The van der Waals surface area contributed by atoms with E-state index in [0.717, 1.165) is 33.9 Å². The van der Waals surface area contributed by atoms with Crippen molar-refractivity contribution < 1.29 is 19.0 Å². The van der Waals surface area contributed by atoms with E-state index in [9.17, 15) is 5.11 Å². The molecule has 36 heavy (non-hydrogen) atoms. The van der Waals surface area contributed by atoms with E-state index < -0.39 is 6.10 Å². The van der Waals surface area contributed by atoms with Crippen LogP contribution in [0.5, 0.6) is 11.6 Å². The molecule has 4 rings (SSSR count). The molecule has 4 aromatic rings. The third kappa shape index (κ3) is 6.64. The summed E-state index contributed by atoms with van der Waals surface area (Å²) in [5.41, 5.74) is 3.87. The summed E-state index contributed by atoms with van der Waals surface area (Å²) in [6, 6.07) is 21.7. The normalized spacial score (nSPS) is 12.0. The summed E-state index contributed by atoms with van der Waals surface area (Å²) < 4.78 is 19.1. The minimum absolute atomic E-state index is 0.143.